The maximum absolute atomic E-state index is 9.59. The minimum Gasteiger partial charge on any atom is -0.317 e. The van der Waals surface area contributed by atoms with Crippen molar-refractivity contribution in [3.05, 3.63) is 85.7 Å². The summed E-state index contributed by atoms with van der Waals surface area (Å²) in [6.45, 7) is 4.16. The molecule has 0 fully saturated rings. The van der Waals surface area contributed by atoms with E-state index in [0.717, 1.165) is 28.2 Å². The lowest BCUT2D eigenvalue weighted by Crippen LogP contribution is -2.01. The van der Waals surface area contributed by atoms with Crippen LogP contribution >= 0.6 is 34.2 Å². The van der Waals surface area contributed by atoms with Gasteiger partial charge in [-0.05, 0) is 84.0 Å². The summed E-state index contributed by atoms with van der Waals surface area (Å²) in [6.07, 6.45) is 1.93. The molecule has 0 aliphatic heterocycles. The summed E-state index contributed by atoms with van der Waals surface area (Å²) in [4.78, 5) is 0. The first kappa shape index (κ1) is 17.8. The molecule has 0 bridgehead atoms. The van der Waals surface area contributed by atoms with Gasteiger partial charge >= 0.3 is 0 Å². The summed E-state index contributed by atoms with van der Waals surface area (Å²) >= 11 is 8.41. The lowest BCUT2D eigenvalue weighted by atomic mass is 10.0. The molecule has 0 atom stereocenters. The minimum atomic E-state index is 0.602. The third-order valence-electron chi connectivity index (χ3n) is 4.12. The van der Waals surface area contributed by atoms with Crippen LogP contribution in [0.2, 0.25) is 5.02 Å². The van der Waals surface area contributed by atoms with Crippen molar-refractivity contribution in [2.75, 3.05) is 0 Å². The summed E-state index contributed by atoms with van der Waals surface area (Å²) in [6, 6.07) is 20.1. The van der Waals surface area contributed by atoms with Gasteiger partial charge in [-0.25, -0.2) is 0 Å². The average Bonchev–Trinajstić information content (AvgIpc) is 2.87. The Balaban J connectivity index is 2.12. The van der Waals surface area contributed by atoms with Gasteiger partial charge in [0.25, 0.3) is 0 Å². The number of benzene rings is 2. The van der Waals surface area contributed by atoms with E-state index < -0.39 is 0 Å². The van der Waals surface area contributed by atoms with Crippen molar-refractivity contribution >= 4 is 45.8 Å². The highest BCUT2D eigenvalue weighted by Crippen LogP contribution is 2.28. The van der Waals surface area contributed by atoms with Crippen LogP contribution in [0.3, 0.4) is 0 Å². The molecule has 4 heteroatoms. The molecule has 0 unspecified atom stereocenters. The van der Waals surface area contributed by atoms with E-state index in [1.807, 2.05) is 42.5 Å². The zero-order chi connectivity index (χ0) is 18.0. The third kappa shape index (κ3) is 3.65. The average molecular weight is 459 g/mol. The monoisotopic (exact) mass is 458 g/mol. The van der Waals surface area contributed by atoms with Crippen LogP contribution in [0.1, 0.15) is 22.5 Å². The fourth-order valence-corrected chi connectivity index (χ4v) is 3.75. The molecule has 2 nitrogen and oxygen atoms in total. The standard InChI is InChI=1S/C21H16ClIN2/c1-14-10-17(11-18(13-24)16-6-5-7-19(22)12-16)15(2)25(14)21-9-4-3-8-20(21)23/h3-12H,1-2H3/b18-11-. The van der Waals surface area contributed by atoms with Crippen molar-refractivity contribution < 1.29 is 0 Å². The maximum atomic E-state index is 9.59. The van der Waals surface area contributed by atoms with Crippen LogP contribution in [0.5, 0.6) is 0 Å². The molecule has 0 aliphatic carbocycles. The Kier molecular flexibility index (Phi) is 5.31. The summed E-state index contributed by atoms with van der Waals surface area (Å²) in [5.41, 5.74) is 5.86. The lowest BCUT2D eigenvalue weighted by molar-refractivity contribution is 0.958. The minimum absolute atomic E-state index is 0.602. The summed E-state index contributed by atoms with van der Waals surface area (Å²) < 4.78 is 3.41. The molecule has 3 rings (SSSR count). The number of halogens is 2. The second-order valence-electron chi connectivity index (χ2n) is 5.79. The molecule has 1 aromatic heterocycles. The van der Waals surface area contributed by atoms with E-state index in [0.29, 0.717) is 10.6 Å². The Morgan fingerprint density at radius 2 is 1.88 bits per heavy atom. The summed E-state index contributed by atoms with van der Waals surface area (Å²) in [5.74, 6) is 0. The predicted octanol–water partition coefficient (Wildman–Crippen LogP) is 6.42. The van der Waals surface area contributed by atoms with Crippen LogP contribution in [-0.4, -0.2) is 4.57 Å². The van der Waals surface area contributed by atoms with E-state index in [1.54, 1.807) is 0 Å². The SMILES string of the molecule is Cc1cc(/C=C(/C#N)c2cccc(Cl)c2)c(C)n1-c1ccccc1I. The lowest BCUT2D eigenvalue weighted by Gasteiger charge is -2.11. The molecule has 0 amide bonds. The van der Waals surface area contributed by atoms with Crippen LogP contribution in [0, 0.1) is 28.7 Å². The highest BCUT2D eigenvalue weighted by atomic mass is 127. The van der Waals surface area contributed by atoms with E-state index >= 15 is 0 Å². The molecule has 3 aromatic rings. The molecule has 124 valence electrons. The predicted molar refractivity (Wildman–Crippen MR) is 113 cm³/mol. The number of hydrogen-bond acceptors (Lipinski definition) is 1. The molecule has 0 saturated carbocycles. The van der Waals surface area contributed by atoms with E-state index in [9.17, 15) is 5.26 Å². The molecule has 1 heterocycles. The van der Waals surface area contributed by atoms with Crippen LogP contribution in [0.15, 0.2) is 54.6 Å². The molecular weight excluding hydrogens is 443 g/mol. The van der Waals surface area contributed by atoms with Crippen LogP contribution < -0.4 is 0 Å². The first-order valence-electron chi connectivity index (χ1n) is 7.83. The molecule has 0 saturated heterocycles. The van der Waals surface area contributed by atoms with Gasteiger partial charge in [0.15, 0.2) is 0 Å². The fourth-order valence-electron chi connectivity index (χ4n) is 2.93. The molecule has 0 aliphatic rings. The van der Waals surface area contributed by atoms with Crippen molar-refractivity contribution in [3.8, 4) is 11.8 Å². The molecule has 0 radical (unpaired) electrons. The highest BCUT2D eigenvalue weighted by Gasteiger charge is 2.12. The maximum Gasteiger partial charge on any atom is 0.0998 e. The van der Waals surface area contributed by atoms with Gasteiger partial charge in [0.05, 0.1) is 17.3 Å². The number of para-hydroxylation sites is 1. The topological polar surface area (TPSA) is 28.7 Å². The first-order chi connectivity index (χ1) is 12.0. The summed E-state index contributed by atoms with van der Waals surface area (Å²) in [5, 5.41) is 10.2. The number of aryl methyl sites for hydroxylation is 1. The van der Waals surface area contributed by atoms with Crippen molar-refractivity contribution in [1.82, 2.24) is 4.57 Å². The smallest absolute Gasteiger partial charge is 0.0998 e. The van der Waals surface area contributed by atoms with Crippen molar-refractivity contribution in [1.29, 1.82) is 5.26 Å². The number of nitrogens with zero attached hydrogens (tertiary/aromatic N) is 2. The zero-order valence-electron chi connectivity index (χ0n) is 13.9. The van der Waals surface area contributed by atoms with E-state index in [2.05, 4.69) is 65.3 Å². The van der Waals surface area contributed by atoms with Crippen molar-refractivity contribution in [2.24, 2.45) is 0 Å². The van der Waals surface area contributed by atoms with E-state index in [1.165, 1.54) is 3.57 Å². The zero-order valence-corrected chi connectivity index (χ0v) is 16.8. The number of rotatable bonds is 3. The number of hydrogen-bond donors (Lipinski definition) is 0. The van der Waals surface area contributed by atoms with E-state index in [4.69, 9.17) is 11.6 Å². The third-order valence-corrected chi connectivity index (χ3v) is 5.27. The molecule has 0 N–H and O–H groups in total. The Bertz CT molecular complexity index is 1010. The van der Waals surface area contributed by atoms with Gasteiger partial charge in [0, 0.05) is 20.0 Å². The fraction of sp³-hybridized carbons (Fsp3) is 0.0952. The largest absolute Gasteiger partial charge is 0.317 e. The quantitative estimate of drug-likeness (QED) is 0.329. The molecule has 25 heavy (non-hydrogen) atoms. The number of nitriles is 1. The second kappa shape index (κ2) is 7.47. The van der Waals surface area contributed by atoms with Gasteiger partial charge in [0.2, 0.25) is 0 Å². The molecular formula is C21H16ClIN2. The Labute approximate surface area is 166 Å². The number of allylic oxidation sites excluding steroid dienone is 1. The van der Waals surface area contributed by atoms with Gasteiger partial charge < -0.3 is 4.57 Å². The normalized spacial score (nSPS) is 11.4. The first-order valence-corrected chi connectivity index (χ1v) is 9.28. The highest BCUT2D eigenvalue weighted by molar-refractivity contribution is 14.1. The second-order valence-corrected chi connectivity index (χ2v) is 7.39. The van der Waals surface area contributed by atoms with Crippen molar-refractivity contribution in [2.45, 2.75) is 13.8 Å². The van der Waals surface area contributed by atoms with Gasteiger partial charge in [-0.2, -0.15) is 5.26 Å². The van der Waals surface area contributed by atoms with Gasteiger partial charge in [-0.3, -0.25) is 0 Å². The Hall–Kier alpha value is -2.03. The van der Waals surface area contributed by atoms with Gasteiger partial charge in [-0.1, -0.05) is 35.9 Å². The van der Waals surface area contributed by atoms with Crippen molar-refractivity contribution in [3.63, 3.8) is 0 Å². The van der Waals surface area contributed by atoms with Crippen LogP contribution in [0.4, 0.5) is 0 Å². The van der Waals surface area contributed by atoms with Crippen LogP contribution in [0.25, 0.3) is 17.3 Å². The Morgan fingerprint density at radius 1 is 1.12 bits per heavy atom. The van der Waals surface area contributed by atoms with Crippen LogP contribution in [-0.2, 0) is 0 Å². The summed E-state index contributed by atoms with van der Waals surface area (Å²) in [7, 11) is 0. The Morgan fingerprint density at radius 3 is 2.56 bits per heavy atom. The van der Waals surface area contributed by atoms with Gasteiger partial charge in [-0.15, -0.1) is 0 Å². The van der Waals surface area contributed by atoms with Gasteiger partial charge in [0.1, 0.15) is 0 Å². The molecule has 2 aromatic carbocycles. The molecule has 0 spiro atoms. The van der Waals surface area contributed by atoms with E-state index in [-0.39, 0.29) is 0 Å². The number of aromatic nitrogens is 1.